The Kier molecular flexibility index (Phi) is 4.25. The molecule has 0 aliphatic carbocycles. The summed E-state index contributed by atoms with van der Waals surface area (Å²) < 4.78 is 6.35. The smallest absolute Gasteiger partial charge is 0.126 e. The van der Waals surface area contributed by atoms with Gasteiger partial charge in [-0.1, -0.05) is 23.5 Å². The Hall–Kier alpha value is 0.330. The van der Waals surface area contributed by atoms with Gasteiger partial charge < -0.3 is 4.74 Å². The summed E-state index contributed by atoms with van der Waals surface area (Å²) in [5, 5.41) is 1.17. The lowest BCUT2D eigenvalue weighted by atomic mass is 10.7. The van der Waals surface area contributed by atoms with Crippen molar-refractivity contribution in [2.75, 3.05) is 24.8 Å². The molecule has 0 atom stereocenters. The molecule has 0 unspecified atom stereocenters. The molecule has 0 N–H and O–H groups in total. The molecule has 1 saturated heterocycles. The molecular weight excluding hydrogens is 166 g/mol. The molecule has 0 aromatic rings. The molecule has 0 bridgehead atoms. The second kappa shape index (κ2) is 5.04. The van der Waals surface area contributed by atoms with Crippen molar-refractivity contribution < 1.29 is 4.74 Å². The summed E-state index contributed by atoms with van der Waals surface area (Å²) in [6.45, 7) is 4.38. The zero-order chi connectivity index (χ0) is 7.23. The average Bonchev–Trinajstić information content (AvgIpc) is 1.84. The maximum absolute atomic E-state index is 5.13. The van der Waals surface area contributed by atoms with Crippen LogP contribution in [0.2, 0.25) is 0 Å². The number of rotatable bonds is 4. The average molecular weight is 177 g/mol. The minimum Gasteiger partial charge on any atom is -0.380 e. The molecule has 1 aliphatic heterocycles. The van der Waals surface area contributed by atoms with Crippen molar-refractivity contribution in [3.8, 4) is 0 Å². The van der Waals surface area contributed by atoms with Crippen molar-refractivity contribution in [3.05, 3.63) is 0 Å². The Morgan fingerprint density at radius 3 is 2.90 bits per heavy atom. The monoisotopic (exact) mass is 177 g/mol. The molecular formula is C6H11NOS2. The Morgan fingerprint density at radius 1 is 1.60 bits per heavy atom. The van der Waals surface area contributed by atoms with E-state index in [4.69, 9.17) is 4.74 Å². The molecule has 0 saturated carbocycles. The van der Waals surface area contributed by atoms with Crippen molar-refractivity contribution in [1.29, 1.82) is 0 Å². The molecule has 1 fully saturated rings. The summed E-state index contributed by atoms with van der Waals surface area (Å²) in [5.74, 6) is 0. The van der Waals surface area contributed by atoms with Gasteiger partial charge in [-0.15, -0.1) is 0 Å². The van der Waals surface area contributed by atoms with Crippen LogP contribution in [-0.4, -0.2) is 29.2 Å². The van der Waals surface area contributed by atoms with Gasteiger partial charge in [0.05, 0.1) is 18.2 Å². The van der Waals surface area contributed by atoms with E-state index in [2.05, 4.69) is 4.99 Å². The summed E-state index contributed by atoms with van der Waals surface area (Å²) in [7, 11) is 0. The van der Waals surface area contributed by atoms with Crippen LogP contribution in [0.3, 0.4) is 0 Å². The summed E-state index contributed by atoms with van der Waals surface area (Å²) in [4.78, 5) is 4.28. The maximum atomic E-state index is 5.13. The van der Waals surface area contributed by atoms with Crippen LogP contribution in [-0.2, 0) is 4.74 Å². The van der Waals surface area contributed by atoms with Crippen molar-refractivity contribution >= 4 is 27.9 Å². The fourth-order valence-corrected chi connectivity index (χ4v) is 1.81. The molecule has 10 heavy (non-hydrogen) atoms. The van der Waals surface area contributed by atoms with Gasteiger partial charge in [0.2, 0.25) is 0 Å². The van der Waals surface area contributed by atoms with Crippen molar-refractivity contribution in [3.63, 3.8) is 0 Å². The van der Waals surface area contributed by atoms with Crippen molar-refractivity contribution in [2.24, 2.45) is 4.99 Å². The highest BCUT2D eigenvalue weighted by Crippen LogP contribution is 2.32. The van der Waals surface area contributed by atoms with E-state index in [9.17, 15) is 0 Å². The van der Waals surface area contributed by atoms with Gasteiger partial charge in [-0.25, -0.2) is 0 Å². The van der Waals surface area contributed by atoms with Gasteiger partial charge in [-0.2, -0.15) is 0 Å². The number of hydrogen-bond donors (Lipinski definition) is 0. The lowest BCUT2D eigenvalue weighted by Crippen LogP contribution is -2.03. The number of nitrogens with zero attached hydrogens (tertiary/aromatic N) is 1. The standard InChI is InChI=1S/C6H11NOS2/c1-2-8-4-3-7-6-9-5-10-6/h2-5H2,1H3. The normalized spacial score (nSPS) is 16.7. The molecule has 1 rings (SSSR count). The zero-order valence-corrected chi connectivity index (χ0v) is 7.63. The molecule has 58 valence electrons. The number of aliphatic imine (C=N–C) groups is 1. The number of ether oxygens (including phenoxy) is 1. The molecule has 0 aromatic carbocycles. The molecule has 0 amide bonds. The topological polar surface area (TPSA) is 21.6 Å². The van der Waals surface area contributed by atoms with E-state index in [0.29, 0.717) is 0 Å². The highest BCUT2D eigenvalue weighted by Gasteiger charge is 2.10. The van der Waals surface area contributed by atoms with Crippen LogP contribution in [0.25, 0.3) is 0 Å². The van der Waals surface area contributed by atoms with Crippen LogP contribution in [0.15, 0.2) is 4.99 Å². The van der Waals surface area contributed by atoms with Crippen LogP contribution in [0.5, 0.6) is 0 Å². The van der Waals surface area contributed by atoms with E-state index in [1.165, 1.54) is 9.46 Å². The van der Waals surface area contributed by atoms with E-state index < -0.39 is 0 Å². The van der Waals surface area contributed by atoms with Gasteiger partial charge in [0.1, 0.15) is 4.38 Å². The first-order valence-corrected chi connectivity index (χ1v) is 5.28. The third kappa shape index (κ3) is 2.94. The molecule has 4 heteroatoms. The van der Waals surface area contributed by atoms with E-state index in [1.807, 2.05) is 30.4 Å². The molecule has 0 spiro atoms. The predicted octanol–water partition coefficient (Wildman–Crippen LogP) is 1.82. The van der Waals surface area contributed by atoms with Crippen molar-refractivity contribution in [1.82, 2.24) is 0 Å². The SMILES string of the molecule is CCOCCN=C1SCS1. The van der Waals surface area contributed by atoms with Crippen molar-refractivity contribution in [2.45, 2.75) is 6.92 Å². The first-order valence-electron chi connectivity index (χ1n) is 3.31. The molecule has 0 radical (unpaired) electrons. The van der Waals surface area contributed by atoms with Gasteiger partial charge in [-0.3, -0.25) is 4.99 Å². The van der Waals surface area contributed by atoms with Crippen LogP contribution in [0.1, 0.15) is 6.92 Å². The van der Waals surface area contributed by atoms with Gasteiger partial charge in [0.15, 0.2) is 0 Å². The minimum absolute atomic E-state index is 0.765. The van der Waals surface area contributed by atoms with Crippen LogP contribution in [0, 0.1) is 0 Å². The molecule has 0 aromatic heterocycles. The van der Waals surface area contributed by atoms with Crippen LogP contribution >= 0.6 is 23.5 Å². The second-order valence-corrected chi connectivity index (χ2v) is 4.30. The number of thioether (sulfide) groups is 2. The van der Waals surface area contributed by atoms with E-state index in [1.54, 1.807) is 0 Å². The first kappa shape index (κ1) is 8.43. The van der Waals surface area contributed by atoms with Crippen LogP contribution < -0.4 is 0 Å². The second-order valence-electron chi connectivity index (χ2n) is 1.75. The first-order chi connectivity index (χ1) is 4.93. The Bertz CT molecular complexity index is 121. The van der Waals surface area contributed by atoms with Gasteiger partial charge >= 0.3 is 0 Å². The largest absolute Gasteiger partial charge is 0.380 e. The van der Waals surface area contributed by atoms with E-state index >= 15 is 0 Å². The summed E-state index contributed by atoms with van der Waals surface area (Å²) in [5.41, 5.74) is 0. The summed E-state index contributed by atoms with van der Waals surface area (Å²) in [6, 6.07) is 0. The minimum atomic E-state index is 0.765. The van der Waals surface area contributed by atoms with Crippen LogP contribution in [0.4, 0.5) is 0 Å². The Morgan fingerprint density at radius 2 is 2.40 bits per heavy atom. The zero-order valence-electron chi connectivity index (χ0n) is 6.00. The van der Waals surface area contributed by atoms with Gasteiger partial charge in [0.25, 0.3) is 0 Å². The molecule has 1 heterocycles. The third-order valence-electron chi connectivity index (χ3n) is 1.05. The molecule has 2 nitrogen and oxygen atoms in total. The molecule has 1 aliphatic rings. The third-order valence-corrected chi connectivity index (χ3v) is 3.45. The Balaban J connectivity index is 1.93. The number of hydrogen-bond acceptors (Lipinski definition) is 4. The maximum Gasteiger partial charge on any atom is 0.126 e. The quantitative estimate of drug-likeness (QED) is 0.611. The lowest BCUT2D eigenvalue weighted by molar-refractivity contribution is 0.156. The Labute approximate surface area is 69.8 Å². The summed E-state index contributed by atoms with van der Waals surface area (Å²) in [6.07, 6.45) is 0. The van der Waals surface area contributed by atoms with Gasteiger partial charge in [0, 0.05) is 6.61 Å². The fraction of sp³-hybridized carbons (Fsp3) is 0.833. The highest BCUT2D eigenvalue weighted by atomic mass is 32.3. The van der Waals surface area contributed by atoms with E-state index in [0.717, 1.165) is 19.8 Å². The summed E-state index contributed by atoms with van der Waals surface area (Å²) >= 11 is 3.64. The van der Waals surface area contributed by atoms with E-state index in [-0.39, 0.29) is 0 Å². The highest BCUT2D eigenvalue weighted by molar-refractivity contribution is 8.52. The fourth-order valence-electron chi connectivity index (χ4n) is 0.549. The lowest BCUT2D eigenvalue weighted by Gasteiger charge is -2.12. The predicted molar refractivity (Wildman–Crippen MR) is 48.8 cm³/mol. The van der Waals surface area contributed by atoms with Gasteiger partial charge in [-0.05, 0) is 6.92 Å².